The third-order valence-electron chi connectivity index (χ3n) is 2.79. The number of aliphatic hydroxyl groups is 1. The van der Waals surface area contributed by atoms with Crippen LogP contribution in [-0.4, -0.2) is 65.6 Å². The normalized spacial score (nSPS) is 25.8. The van der Waals surface area contributed by atoms with Crippen LogP contribution < -0.4 is 0 Å². The van der Waals surface area contributed by atoms with Gasteiger partial charge in [-0.25, -0.2) is 9.34 Å². The van der Waals surface area contributed by atoms with Crippen LogP contribution in [0.3, 0.4) is 0 Å². The zero-order chi connectivity index (χ0) is 13.4. The fourth-order valence-electron chi connectivity index (χ4n) is 1.95. The number of halogens is 2. The summed E-state index contributed by atoms with van der Waals surface area (Å²) in [6, 6.07) is 0. The lowest BCUT2D eigenvalue weighted by atomic mass is 10.4. The fourth-order valence-corrected chi connectivity index (χ4v) is 5.14. The molecule has 8 heteroatoms. The van der Waals surface area contributed by atoms with Crippen molar-refractivity contribution in [3.8, 4) is 0 Å². The van der Waals surface area contributed by atoms with Crippen molar-refractivity contribution < 1.29 is 14.2 Å². The van der Waals surface area contributed by atoms with Crippen LogP contribution in [0.5, 0.6) is 0 Å². The summed E-state index contributed by atoms with van der Waals surface area (Å²) in [6.07, 6.45) is 1.44. The monoisotopic (exact) mass is 318 g/mol. The summed E-state index contributed by atoms with van der Waals surface area (Å²) in [5.41, 5.74) is 0. The van der Waals surface area contributed by atoms with Gasteiger partial charge in [0.25, 0.3) is 0 Å². The number of aliphatic hydroxyl groups excluding tert-OH is 1. The Bertz CT molecular complexity index is 278. The van der Waals surface area contributed by atoms with Crippen molar-refractivity contribution in [3.05, 3.63) is 0 Å². The summed E-state index contributed by atoms with van der Waals surface area (Å²) < 4.78 is 22.1. The molecule has 1 saturated heterocycles. The summed E-state index contributed by atoms with van der Waals surface area (Å²) in [5, 5.41) is 8.90. The maximum Gasteiger partial charge on any atom is 0.346 e. The zero-order valence-electron chi connectivity index (χ0n) is 10.4. The van der Waals surface area contributed by atoms with Gasteiger partial charge in [-0.15, -0.1) is 23.2 Å². The lowest BCUT2D eigenvalue weighted by Gasteiger charge is -2.40. The summed E-state index contributed by atoms with van der Waals surface area (Å²) in [4.78, 5) is 0. The first-order valence-corrected chi connectivity index (χ1v) is 8.77. The van der Waals surface area contributed by atoms with Gasteiger partial charge >= 0.3 is 7.67 Å². The zero-order valence-corrected chi connectivity index (χ0v) is 12.8. The first-order chi connectivity index (χ1) is 8.69. The highest BCUT2D eigenvalue weighted by atomic mass is 35.5. The average Bonchev–Trinajstić information content (AvgIpc) is 2.37. The van der Waals surface area contributed by atoms with Crippen LogP contribution in [0.4, 0.5) is 0 Å². The molecule has 0 radical (unpaired) electrons. The van der Waals surface area contributed by atoms with E-state index in [9.17, 15) is 4.57 Å². The number of hydrogen-bond donors (Lipinski definition) is 1. The molecule has 0 spiro atoms. The smallest absolute Gasteiger partial charge is 0.346 e. The van der Waals surface area contributed by atoms with E-state index in [0.717, 1.165) is 13.0 Å². The molecule has 1 aliphatic heterocycles. The molecule has 0 bridgehead atoms. The molecule has 0 aromatic rings. The number of rotatable bonds is 8. The predicted octanol–water partition coefficient (Wildman–Crippen LogP) is 1.98. The third kappa shape index (κ3) is 4.34. The van der Waals surface area contributed by atoms with Crippen LogP contribution in [-0.2, 0) is 9.09 Å². The Labute approximate surface area is 119 Å². The highest BCUT2D eigenvalue weighted by Gasteiger charge is 2.40. The van der Waals surface area contributed by atoms with E-state index < -0.39 is 7.67 Å². The van der Waals surface area contributed by atoms with Gasteiger partial charge in [0.05, 0.1) is 6.61 Å². The van der Waals surface area contributed by atoms with E-state index in [-0.39, 0.29) is 6.61 Å². The Kier molecular flexibility index (Phi) is 8.12. The highest BCUT2D eigenvalue weighted by molar-refractivity contribution is 7.54. The third-order valence-corrected chi connectivity index (χ3v) is 5.88. The lowest BCUT2D eigenvalue weighted by molar-refractivity contribution is 0.161. The van der Waals surface area contributed by atoms with Gasteiger partial charge in [0, 0.05) is 44.5 Å². The van der Waals surface area contributed by atoms with Crippen molar-refractivity contribution in [2.24, 2.45) is 0 Å². The molecule has 108 valence electrons. The van der Waals surface area contributed by atoms with Crippen molar-refractivity contribution in [3.63, 3.8) is 0 Å². The summed E-state index contributed by atoms with van der Waals surface area (Å²) >= 11 is 11.5. The van der Waals surface area contributed by atoms with E-state index >= 15 is 0 Å². The SMILES string of the molecule is O=P1(N(CCCl)CCCl)OCCCN1CCCO. The van der Waals surface area contributed by atoms with Gasteiger partial charge < -0.3 is 9.63 Å². The van der Waals surface area contributed by atoms with E-state index in [1.165, 1.54) is 0 Å². The Morgan fingerprint density at radius 3 is 2.56 bits per heavy atom. The molecule has 0 aliphatic carbocycles. The molecule has 1 aliphatic rings. The van der Waals surface area contributed by atoms with E-state index in [0.29, 0.717) is 44.4 Å². The van der Waals surface area contributed by atoms with Gasteiger partial charge in [-0.2, -0.15) is 0 Å². The lowest BCUT2D eigenvalue weighted by Crippen LogP contribution is -2.39. The first-order valence-electron chi connectivity index (χ1n) is 6.17. The Morgan fingerprint density at radius 1 is 1.33 bits per heavy atom. The molecule has 1 N–H and O–H groups in total. The maximum absolute atomic E-state index is 13.0. The number of hydrogen-bond acceptors (Lipinski definition) is 3. The van der Waals surface area contributed by atoms with E-state index in [1.807, 2.05) is 4.67 Å². The second-order valence-corrected chi connectivity index (χ2v) is 7.17. The molecule has 0 aromatic carbocycles. The van der Waals surface area contributed by atoms with Crippen LogP contribution in [0.15, 0.2) is 0 Å². The van der Waals surface area contributed by atoms with Gasteiger partial charge in [0.2, 0.25) is 0 Å². The van der Waals surface area contributed by atoms with Crippen LogP contribution in [0, 0.1) is 0 Å². The average molecular weight is 319 g/mol. The molecule has 1 fully saturated rings. The van der Waals surface area contributed by atoms with Gasteiger partial charge in [-0.3, -0.25) is 4.57 Å². The van der Waals surface area contributed by atoms with Gasteiger partial charge in [-0.05, 0) is 12.8 Å². The summed E-state index contributed by atoms with van der Waals surface area (Å²) in [7, 11) is -3.01. The van der Waals surface area contributed by atoms with Gasteiger partial charge in [0.1, 0.15) is 0 Å². The van der Waals surface area contributed by atoms with Crippen molar-refractivity contribution in [2.45, 2.75) is 12.8 Å². The van der Waals surface area contributed by atoms with E-state index in [1.54, 1.807) is 4.67 Å². The van der Waals surface area contributed by atoms with Gasteiger partial charge in [0.15, 0.2) is 0 Å². The van der Waals surface area contributed by atoms with Crippen molar-refractivity contribution in [1.82, 2.24) is 9.34 Å². The Hall–Kier alpha value is 0.650. The summed E-state index contributed by atoms with van der Waals surface area (Å²) in [6.45, 7) is 2.84. The second kappa shape index (κ2) is 8.75. The molecule has 1 unspecified atom stereocenters. The quantitative estimate of drug-likeness (QED) is 0.548. The van der Waals surface area contributed by atoms with Crippen molar-refractivity contribution in [2.75, 3.05) is 51.2 Å². The molecule has 0 aromatic heterocycles. The second-order valence-electron chi connectivity index (χ2n) is 4.04. The number of nitrogens with zero attached hydrogens (tertiary/aromatic N) is 2. The van der Waals surface area contributed by atoms with Crippen molar-refractivity contribution >= 4 is 30.9 Å². The number of alkyl halides is 2. The first kappa shape index (κ1) is 16.7. The minimum absolute atomic E-state index is 0.0848. The molecule has 1 heterocycles. The van der Waals surface area contributed by atoms with Crippen molar-refractivity contribution in [1.29, 1.82) is 0 Å². The fraction of sp³-hybridized carbons (Fsp3) is 1.00. The predicted molar refractivity (Wildman–Crippen MR) is 74.5 cm³/mol. The minimum atomic E-state index is -3.01. The van der Waals surface area contributed by atoms with Crippen LogP contribution >= 0.6 is 30.9 Å². The topological polar surface area (TPSA) is 53.0 Å². The Morgan fingerprint density at radius 2 is 2.00 bits per heavy atom. The van der Waals surface area contributed by atoms with Crippen LogP contribution in [0.1, 0.15) is 12.8 Å². The molecular formula is C10H21Cl2N2O3P. The van der Waals surface area contributed by atoms with Crippen LogP contribution in [0.2, 0.25) is 0 Å². The summed E-state index contributed by atoms with van der Waals surface area (Å²) in [5.74, 6) is 0.774. The molecule has 1 rings (SSSR count). The minimum Gasteiger partial charge on any atom is -0.396 e. The molecule has 0 amide bonds. The largest absolute Gasteiger partial charge is 0.396 e. The van der Waals surface area contributed by atoms with E-state index in [2.05, 4.69) is 0 Å². The standard InChI is InChI=1S/C10H21Cl2N2O3P/c11-3-7-14(8-4-12)18(16)13(5-1-9-15)6-2-10-17-18/h15H,1-10H2. The molecular weight excluding hydrogens is 298 g/mol. The molecule has 0 saturated carbocycles. The van der Waals surface area contributed by atoms with Gasteiger partial charge in [-0.1, -0.05) is 0 Å². The highest BCUT2D eigenvalue weighted by Crippen LogP contribution is 2.56. The van der Waals surface area contributed by atoms with E-state index in [4.69, 9.17) is 32.8 Å². The molecule has 18 heavy (non-hydrogen) atoms. The Balaban J connectivity index is 2.77. The maximum atomic E-state index is 13.0. The molecule has 1 atom stereocenters. The van der Waals surface area contributed by atoms with Crippen LogP contribution in [0.25, 0.3) is 0 Å². The molecule has 5 nitrogen and oxygen atoms in total.